The number of aryl methyl sites for hydroxylation is 1. The van der Waals surface area contributed by atoms with Gasteiger partial charge in [-0.1, -0.05) is 26.2 Å². The number of aromatic nitrogens is 1. The van der Waals surface area contributed by atoms with E-state index in [4.69, 9.17) is 0 Å². The van der Waals surface area contributed by atoms with Crippen LogP contribution in [0.1, 0.15) is 75.7 Å². The second-order valence-corrected chi connectivity index (χ2v) is 10.9. The minimum Gasteiger partial charge on any atom is -0.355 e. The van der Waals surface area contributed by atoms with Gasteiger partial charge in [0.25, 0.3) is 5.91 Å². The molecule has 7 heteroatoms. The molecule has 2 aromatic heterocycles. The van der Waals surface area contributed by atoms with Gasteiger partial charge in [-0.05, 0) is 56.5 Å². The number of amides is 2. The number of nitrogens with one attached hydrogen (secondary N) is 1. The Hall–Kier alpha value is -1.86. The molecule has 2 amide bonds. The first-order valence-electron chi connectivity index (χ1n) is 12.8. The molecule has 4 rings (SSSR count). The van der Waals surface area contributed by atoms with Crippen molar-refractivity contribution < 1.29 is 9.59 Å². The molecule has 182 valence electrons. The van der Waals surface area contributed by atoms with E-state index in [1.54, 1.807) is 11.3 Å². The second kappa shape index (κ2) is 11.0. The smallest absolute Gasteiger partial charge is 0.270 e. The van der Waals surface area contributed by atoms with Crippen molar-refractivity contribution in [3.05, 3.63) is 23.2 Å². The van der Waals surface area contributed by atoms with Crippen LogP contribution in [0, 0.1) is 5.92 Å². The fourth-order valence-corrected chi connectivity index (χ4v) is 6.47. The van der Waals surface area contributed by atoms with Crippen LogP contribution < -0.4 is 5.32 Å². The van der Waals surface area contributed by atoms with Crippen molar-refractivity contribution >= 4 is 33.4 Å². The summed E-state index contributed by atoms with van der Waals surface area (Å²) in [6, 6.07) is 5.29. The monoisotopic (exact) mass is 472 g/mol. The maximum atomic E-state index is 13.1. The van der Waals surface area contributed by atoms with Crippen LogP contribution >= 0.6 is 11.3 Å². The average molecular weight is 473 g/mol. The number of hydrogen-bond donors (Lipinski definition) is 1. The topological polar surface area (TPSA) is 57.6 Å². The van der Waals surface area contributed by atoms with E-state index in [1.807, 2.05) is 22.6 Å². The summed E-state index contributed by atoms with van der Waals surface area (Å²) >= 11 is 1.66. The van der Waals surface area contributed by atoms with E-state index in [-0.39, 0.29) is 17.7 Å². The fraction of sp³-hybridized carbons (Fsp3) is 0.692. The Kier molecular flexibility index (Phi) is 8.12. The third-order valence-electron chi connectivity index (χ3n) is 7.91. The summed E-state index contributed by atoms with van der Waals surface area (Å²) in [5, 5.41) is 5.27. The summed E-state index contributed by atoms with van der Waals surface area (Å²) in [5.41, 5.74) is 1.85. The van der Waals surface area contributed by atoms with Crippen LogP contribution in [0.5, 0.6) is 0 Å². The molecular weight excluding hydrogens is 432 g/mol. The minimum atomic E-state index is 0.0117. The second-order valence-electron chi connectivity index (χ2n) is 9.90. The molecule has 1 aliphatic carbocycles. The van der Waals surface area contributed by atoms with E-state index in [0.717, 1.165) is 48.3 Å². The largest absolute Gasteiger partial charge is 0.355 e. The Morgan fingerprint density at radius 1 is 1.18 bits per heavy atom. The lowest BCUT2D eigenvalue weighted by Crippen LogP contribution is -2.48. The zero-order chi connectivity index (χ0) is 23.4. The van der Waals surface area contributed by atoms with E-state index in [9.17, 15) is 9.59 Å². The molecule has 0 spiro atoms. The quantitative estimate of drug-likeness (QED) is 0.609. The molecule has 1 saturated heterocycles. The van der Waals surface area contributed by atoms with E-state index in [0.29, 0.717) is 25.2 Å². The summed E-state index contributed by atoms with van der Waals surface area (Å²) in [6.45, 7) is 7.53. The molecule has 2 aliphatic rings. The fourth-order valence-electron chi connectivity index (χ4n) is 5.62. The summed E-state index contributed by atoms with van der Waals surface area (Å²) < 4.78 is 3.14. The van der Waals surface area contributed by atoms with Crippen molar-refractivity contribution in [1.82, 2.24) is 19.7 Å². The maximum absolute atomic E-state index is 13.1. The van der Waals surface area contributed by atoms with Gasteiger partial charge in [0.15, 0.2) is 0 Å². The van der Waals surface area contributed by atoms with Gasteiger partial charge in [0, 0.05) is 51.2 Å². The molecule has 6 nitrogen and oxygen atoms in total. The molecule has 2 fully saturated rings. The molecule has 1 saturated carbocycles. The predicted octanol–water partition coefficient (Wildman–Crippen LogP) is 4.64. The molecule has 3 heterocycles. The van der Waals surface area contributed by atoms with Gasteiger partial charge in [0.1, 0.15) is 5.69 Å². The highest BCUT2D eigenvalue weighted by Gasteiger charge is 2.30. The molecule has 33 heavy (non-hydrogen) atoms. The number of likely N-dealkylation sites (tertiary alicyclic amines) is 1. The van der Waals surface area contributed by atoms with Crippen molar-refractivity contribution in [1.29, 1.82) is 0 Å². The highest BCUT2D eigenvalue weighted by molar-refractivity contribution is 7.17. The normalized spacial score (nSPS) is 19.3. The van der Waals surface area contributed by atoms with E-state index in [1.165, 1.54) is 32.1 Å². The van der Waals surface area contributed by atoms with Gasteiger partial charge in [-0.2, -0.15) is 0 Å². The minimum absolute atomic E-state index is 0.0117. The molecule has 0 bridgehead atoms. The number of fused-ring (bicyclic) bond motifs is 1. The van der Waals surface area contributed by atoms with Crippen LogP contribution in [0.2, 0.25) is 0 Å². The summed E-state index contributed by atoms with van der Waals surface area (Å²) in [5.74, 6) is 0.253. The lowest BCUT2D eigenvalue weighted by molar-refractivity contribution is -0.126. The first-order valence-corrected chi connectivity index (χ1v) is 13.7. The lowest BCUT2D eigenvalue weighted by atomic mass is 9.93. The molecular formula is C26H40N4O2S. The van der Waals surface area contributed by atoms with Crippen molar-refractivity contribution in [3.63, 3.8) is 0 Å². The lowest BCUT2D eigenvalue weighted by Gasteiger charge is -2.38. The Labute approximate surface area is 202 Å². The van der Waals surface area contributed by atoms with Crippen LogP contribution in [0.3, 0.4) is 0 Å². The number of carbonyl (C=O) groups is 2. The van der Waals surface area contributed by atoms with Gasteiger partial charge in [0.05, 0.1) is 10.2 Å². The maximum Gasteiger partial charge on any atom is 0.270 e. The molecule has 1 aliphatic heterocycles. The SMILES string of the molecule is CCC(C)N(CCNC(=O)C1CCN(C(=O)c2cc3sccc3n2C)CC1)C1CCCCC1. The highest BCUT2D eigenvalue weighted by atomic mass is 32.1. The van der Waals surface area contributed by atoms with Gasteiger partial charge in [-0.3, -0.25) is 14.5 Å². The first-order chi connectivity index (χ1) is 16.0. The van der Waals surface area contributed by atoms with Crippen molar-refractivity contribution in [2.75, 3.05) is 26.2 Å². The van der Waals surface area contributed by atoms with Crippen LogP contribution in [-0.2, 0) is 11.8 Å². The average Bonchev–Trinajstić information content (AvgIpc) is 3.44. The zero-order valence-electron chi connectivity index (χ0n) is 20.5. The summed E-state index contributed by atoms with van der Waals surface area (Å²) in [7, 11) is 1.96. The number of hydrogen-bond acceptors (Lipinski definition) is 4. The Bertz CT molecular complexity index is 937. The van der Waals surface area contributed by atoms with Crippen LogP contribution in [-0.4, -0.2) is 64.4 Å². The Morgan fingerprint density at radius 3 is 2.58 bits per heavy atom. The van der Waals surface area contributed by atoms with Gasteiger partial charge in [-0.25, -0.2) is 0 Å². The van der Waals surface area contributed by atoms with Crippen LogP contribution in [0.15, 0.2) is 17.5 Å². The van der Waals surface area contributed by atoms with Crippen molar-refractivity contribution in [2.24, 2.45) is 13.0 Å². The van der Waals surface area contributed by atoms with Crippen molar-refractivity contribution in [2.45, 2.75) is 77.3 Å². The van der Waals surface area contributed by atoms with E-state index >= 15 is 0 Å². The number of carbonyl (C=O) groups excluding carboxylic acids is 2. The number of rotatable bonds is 8. The van der Waals surface area contributed by atoms with E-state index < -0.39 is 0 Å². The molecule has 1 unspecified atom stereocenters. The zero-order valence-corrected chi connectivity index (χ0v) is 21.3. The third-order valence-corrected chi connectivity index (χ3v) is 8.76. The van der Waals surface area contributed by atoms with Gasteiger partial charge >= 0.3 is 0 Å². The third kappa shape index (κ3) is 5.46. The Morgan fingerprint density at radius 2 is 1.91 bits per heavy atom. The van der Waals surface area contributed by atoms with Gasteiger partial charge in [-0.15, -0.1) is 11.3 Å². The van der Waals surface area contributed by atoms with Crippen molar-refractivity contribution in [3.8, 4) is 0 Å². The standard InChI is InChI=1S/C26H40N4O2S/c1-4-19(2)30(21-8-6-5-7-9-21)16-13-27-25(31)20-10-14-29(15-11-20)26(32)23-18-24-22(28(23)3)12-17-33-24/h12,17-21H,4-11,13-16H2,1-3H3,(H,27,31). The van der Waals surface area contributed by atoms with Gasteiger partial charge in [0.2, 0.25) is 5.91 Å². The first kappa shape index (κ1) is 24.3. The summed E-state index contributed by atoms with van der Waals surface area (Å²) in [6.07, 6.45) is 9.27. The molecule has 1 atom stereocenters. The molecule has 0 aromatic carbocycles. The molecule has 0 radical (unpaired) electrons. The van der Waals surface area contributed by atoms with E-state index in [2.05, 4.69) is 35.5 Å². The molecule has 2 aromatic rings. The Balaban J connectivity index is 1.24. The van der Waals surface area contributed by atoms with Crippen LogP contribution in [0.4, 0.5) is 0 Å². The number of thiophene rings is 1. The molecule has 1 N–H and O–H groups in total. The highest BCUT2D eigenvalue weighted by Crippen LogP contribution is 2.27. The number of piperidine rings is 1. The van der Waals surface area contributed by atoms with Crippen LogP contribution in [0.25, 0.3) is 10.2 Å². The van der Waals surface area contributed by atoms with Gasteiger partial charge < -0.3 is 14.8 Å². The number of nitrogens with zero attached hydrogens (tertiary/aromatic N) is 3. The predicted molar refractivity (Wildman–Crippen MR) is 136 cm³/mol. The summed E-state index contributed by atoms with van der Waals surface area (Å²) in [4.78, 5) is 30.4.